The van der Waals surface area contributed by atoms with E-state index >= 15 is 0 Å². The van der Waals surface area contributed by atoms with Crippen molar-refractivity contribution in [1.82, 2.24) is 0 Å². The Balaban J connectivity index is -0.000000555. The predicted octanol–water partition coefficient (Wildman–Crippen LogP) is 10.5. The van der Waals surface area contributed by atoms with Crippen molar-refractivity contribution in [1.29, 1.82) is 0 Å². The van der Waals surface area contributed by atoms with E-state index in [-0.39, 0.29) is 25.5 Å². The molecule has 14 heteroatoms. The molecule has 0 unspecified atom stereocenters. The van der Waals surface area contributed by atoms with E-state index in [1.54, 1.807) is 12.1 Å². The van der Waals surface area contributed by atoms with Crippen molar-refractivity contribution in [2.24, 2.45) is 0 Å². The second-order valence-corrected chi connectivity index (χ2v) is 26.0. The molecule has 0 bridgehead atoms. The van der Waals surface area contributed by atoms with E-state index in [2.05, 4.69) is 119 Å². The first-order valence-electron chi connectivity index (χ1n) is 11.6. The van der Waals surface area contributed by atoms with Gasteiger partial charge in [0.1, 0.15) is 0 Å². The molecule has 0 aliphatic heterocycles. The van der Waals surface area contributed by atoms with Crippen LogP contribution in [0.3, 0.4) is 0 Å². The van der Waals surface area contributed by atoms with Crippen LogP contribution in [0.5, 0.6) is 0 Å². The van der Waals surface area contributed by atoms with Gasteiger partial charge in [-0.3, -0.25) is 20.2 Å². The van der Waals surface area contributed by atoms with Crippen LogP contribution in [0, 0.1) is 53.7 Å². The van der Waals surface area contributed by atoms with Gasteiger partial charge in [0.25, 0.3) is 5.69 Å². The largest absolute Gasteiger partial charge is 0.304 e. The van der Waals surface area contributed by atoms with E-state index in [4.69, 9.17) is 0 Å². The van der Waals surface area contributed by atoms with Crippen LogP contribution >= 0.6 is 98.9 Å². The van der Waals surface area contributed by atoms with Crippen molar-refractivity contribution >= 4 is 110 Å². The first kappa shape index (κ1) is 48.4. The van der Waals surface area contributed by atoms with Crippen molar-refractivity contribution in [3.05, 3.63) is 133 Å². The molecule has 0 spiro atoms. The van der Waals surface area contributed by atoms with Crippen molar-refractivity contribution in [3.8, 4) is 0 Å². The molecule has 0 N–H and O–H groups in total. The maximum absolute atomic E-state index is 12.4. The summed E-state index contributed by atoms with van der Waals surface area (Å²) in [5.74, 6) is -0.799. The fourth-order valence-corrected chi connectivity index (χ4v) is 4.26. The topological polar surface area (TPSA) is 86.3 Å². The molecule has 0 heterocycles. The molecule has 0 saturated carbocycles. The first-order chi connectivity index (χ1) is 19.9. The van der Waals surface area contributed by atoms with Gasteiger partial charge in [-0.15, -0.1) is 12.6 Å². The zero-order valence-electron chi connectivity index (χ0n) is 22.7. The smallest absolute Gasteiger partial charge is 0.258 e. The van der Waals surface area contributed by atoms with Crippen LogP contribution in [0.4, 0.5) is 15.8 Å². The molecule has 0 atom stereocenters. The third kappa shape index (κ3) is 19.6. The van der Waals surface area contributed by atoms with E-state index in [1.807, 2.05) is 38.1 Å². The zero-order valence-corrected chi connectivity index (χ0v) is 35.2. The Bertz CT molecular complexity index is 1440. The molecule has 244 valence electrons. The Morgan fingerprint density at radius 3 is 1.55 bits per heavy atom. The summed E-state index contributed by atoms with van der Waals surface area (Å²) in [5, 5.41) is 20.9. The van der Waals surface area contributed by atoms with Crippen LogP contribution in [0.25, 0.3) is 0 Å². The number of halogens is 6. The van der Waals surface area contributed by atoms with Crippen LogP contribution in [0.2, 0.25) is 0 Å². The molecule has 0 amide bonds. The zero-order chi connectivity index (χ0) is 32.2. The summed E-state index contributed by atoms with van der Waals surface area (Å²) in [6, 6.07) is 24.1. The van der Waals surface area contributed by atoms with Crippen LogP contribution < -0.4 is 13.3 Å². The second kappa shape index (κ2) is 28.0. The van der Waals surface area contributed by atoms with Crippen molar-refractivity contribution < 1.29 is 27.5 Å². The third-order valence-corrected chi connectivity index (χ3v) is 6.76. The summed E-state index contributed by atoms with van der Waals surface area (Å²) in [6.45, 7) is 8.20. The number of thiol groups is 1. The fourth-order valence-electron chi connectivity index (χ4n) is 3.13. The Kier molecular flexibility index (Phi) is 30.8. The van der Waals surface area contributed by atoms with Crippen LogP contribution in [-0.2, 0) is 0 Å². The van der Waals surface area contributed by atoms with E-state index in [0.29, 0.717) is 18.2 Å². The molecule has 0 aliphatic rings. The molecular weight excluding hydrogens is 1170 g/mol. The van der Waals surface area contributed by atoms with Gasteiger partial charge in [0.15, 0.2) is 0 Å². The summed E-state index contributed by atoms with van der Waals surface area (Å²) in [5.41, 5.74) is 4.55. The molecule has 4 aromatic rings. The van der Waals surface area contributed by atoms with Crippen LogP contribution in [0.15, 0.2) is 99.6 Å². The molecule has 4 aromatic carbocycles. The van der Waals surface area contributed by atoms with Gasteiger partial charge < -0.3 is 0 Å². The van der Waals surface area contributed by atoms with E-state index in [1.165, 1.54) is 46.7 Å². The number of nitro benzene ring substituents is 2. The van der Waals surface area contributed by atoms with Crippen molar-refractivity contribution in [2.75, 3.05) is 0 Å². The van der Waals surface area contributed by atoms with E-state index < -0.39 is 16.4 Å². The summed E-state index contributed by atoms with van der Waals surface area (Å²) >= 11 is 15.2. The average molecular weight is 1210 g/mol. The normalized spacial score (nSPS) is 8.95. The Morgan fingerprint density at radius 2 is 1.14 bits per heavy atom. The molecule has 0 fully saturated rings. The number of hydrogen-bond donors (Lipinski definition) is 1. The molecule has 0 aliphatic carbocycles. The molecule has 0 saturated heterocycles. The van der Waals surface area contributed by atoms with Crippen molar-refractivity contribution in [2.45, 2.75) is 57.2 Å². The molecule has 44 heavy (non-hydrogen) atoms. The summed E-state index contributed by atoms with van der Waals surface area (Å²) in [4.78, 5) is 22.6. The molecular formula is C30H35FI5N2O4S2-. The molecule has 6 nitrogen and oxygen atoms in total. The van der Waals surface area contributed by atoms with Crippen LogP contribution in [-0.4, -0.2) is 9.85 Å². The van der Waals surface area contributed by atoms with Gasteiger partial charge in [0.05, 0.1) is 14.7 Å². The van der Waals surface area contributed by atoms with Gasteiger partial charge in [-0.1, -0.05) is 86.3 Å². The van der Waals surface area contributed by atoms with Gasteiger partial charge in [-0.05, 0) is 63.1 Å². The number of nitro groups is 2. The number of nitrogens with zero attached hydrogens (tertiary/aromatic N) is 2. The monoisotopic (exact) mass is 1200 g/mol. The standard InChI is InChI=1S/C14H13NO2S.C8H10S.C6H4FNO2.2CH4.I3.I2/c1-10-7-8-13(11(2)9-10)18-14-6-4-3-5-12(14)15(16)17;1-6-3-4-8(9)7(2)5-6;7-5-3-1-2-4-6(5)8(9)10;;;1-3-2;1-2/h3-9H,1-2H3;3-5,9H,1-2H3;1-4H;2*1H4;;/q;;;;;-1;. The Labute approximate surface area is 323 Å². The van der Waals surface area contributed by atoms with E-state index in [0.717, 1.165) is 27.5 Å². The number of para-hydroxylation sites is 2. The summed E-state index contributed by atoms with van der Waals surface area (Å²) in [7, 11) is 0. The number of benzene rings is 4. The Morgan fingerprint density at radius 1 is 0.705 bits per heavy atom. The number of aryl methyl sites for hydroxylation is 4. The second-order valence-electron chi connectivity index (χ2n) is 8.15. The minimum Gasteiger partial charge on any atom is -0.258 e. The SMILES string of the molecule is C.C.Cc1ccc(S)c(C)c1.Cc1ccc(Sc2ccccc2[N+](=O)[O-])c(C)c1.II.I[I-]I.O=[N+]([O-])c1ccccc1F. The van der Waals surface area contributed by atoms with Gasteiger partial charge in [0, 0.05) is 59.2 Å². The summed E-state index contributed by atoms with van der Waals surface area (Å²) < 4.78 is 12.4. The van der Waals surface area contributed by atoms with Gasteiger partial charge in [0.2, 0.25) is 5.82 Å². The van der Waals surface area contributed by atoms with Gasteiger partial charge in [-0.25, -0.2) is 0 Å². The Hall–Kier alpha value is -0.0400. The minimum absolute atomic E-state index is 0. The van der Waals surface area contributed by atoms with Gasteiger partial charge >= 0.3 is 56.2 Å². The quantitative estimate of drug-likeness (QED) is 0.0952. The predicted molar refractivity (Wildman–Crippen MR) is 219 cm³/mol. The van der Waals surface area contributed by atoms with Crippen molar-refractivity contribution in [3.63, 3.8) is 0 Å². The first-order valence-corrected chi connectivity index (χ1v) is 31.7. The van der Waals surface area contributed by atoms with Crippen LogP contribution in [0.1, 0.15) is 37.1 Å². The molecule has 0 aromatic heterocycles. The third-order valence-electron chi connectivity index (χ3n) is 5.01. The minimum atomic E-state index is -0.799. The fraction of sp³-hybridized carbons (Fsp3) is 0.200. The number of hydrogen-bond acceptors (Lipinski definition) is 6. The maximum atomic E-state index is 12.4. The number of rotatable bonds is 4. The molecule has 0 radical (unpaired) electrons. The summed E-state index contributed by atoms with van der Waals surface area (Å²) in [6.07, 6.45) is 0. The average Bonchev–Trinajstić information content (AvgIpc) is 2.95. The van der Waals surface area contributed by atoms with Gasteiger partial charge in [-0.2, -0.15) is 4.39 Å². The van der Waals surface area contributed by atoms with E-state index in [9.17, 15) is 24.6 Å². The molecule has 4 rings (SSSR count). The maximum Gasteiger partial charge on any atom is 0.304 e.